The highest BCUT2D eigenvalue weighted by Gasteiger charge is 2.45. The van der Waals surface area contributed by atoms with E-state index < -0.39 is 0 Å². The first-order chi connectivity index (χ1) is 9.07. The van der Waals surface area contributed by atoms with Gasteiger partial charge in [0.2, 0.25) is 0 Å². The minimum absolute atomic E-state index is 0.190. The molecule has 0 aromatic carbocycles. The van der Waals surface area contributed by atoms with Crippen LogP contribution in [0.15, 0.2) is 58.7 Å². The van der Waals surface area contributed by atoms with Crippen LogP contribution < -0.4 is 0 Å². The molecule has 0 saturated heterocycles. The maximum atomic E-state index is 4.35. The second-order valence-electron chi connectivity index (χ2n) is 6.54. The maximum absolute atomic E-state index is 4.35. The molecule has 0 N–H and O–H groups in total. The topological polar surface area (TPSA) is 0 Å². The second-order valence-corrected chi connectivity index (χ2v) is 6.54. The van der Waals surface area contributed by atoms with Crippen LogP contribution in [-0.2, 0) is 0 Å². The Morgan fingerprint density at radius 1 is 1.37 bits per heavy atom. The monoisotopic (exact) mass is 252 g/mol. The Hall–Kier alpha value is -1.30. The van der Waals surface area contributed by atoms with Gasteiger partial charge in [0.1, 0.15) is 0 Å². The van der Waals surface area contributed by atoms with E-state index in [-0.39, 0.29) is 5.41 Å². The Morgan fingerprint density at radius 3 is 2.89 bits per heavy atom. The van der Waals surface area contributed by atoms with Crippen LogP contribution in [0.4, 0.5) is 0 Å². The second kappa shape index (κ2) is 4.37. The van der Waals surface area contributed by atoms with Crippen molar-refractivity contribution in [1.29, 1.82) is 0 Å². The molecule has 0 heterocycles. The number of rotatable bonds is 2. The highest BCUT2D eigenvalue weighted by atomic mass is 14.5. The molecule has 0 aliphatic heterocycles. The number of hydrogen-bond acceptors (Lipinski definition) is 0. The smallest absolute Gasteiger partial charge is 0.0120 e. The predicted molar refractivity (Wildman–Crippen MR) is 82.9 cm³/mol. The quantitative estimate of drug-likeness (QED) is 0.607. The van der Waals surface area contributed by atoms with E-state index in [0.29, 0.717) is 5.92 Å². The maximum Gasteiger partial charge on any atom is 0.0120 e. The van der Waals surface area contributed by atoms with Gasteiger partial charge in [0, 0.05) is 11.3 Å². The average molecular weight is 252 g/mol. The van der Waals surface area contributed by atoms with Gasteiger partial charge in [-0.2, -0.15) is 0 Å². The summed E-state index contributed by atoms with van der Waals surface area (Å²) in [4.78, 5) is 0. The zero-order chi connectivity index (χ0) is 13.6. The number of allylic oxidation sites excluding steroid dienone is 9. The first-order valence-corrected chi connectivity index (χ1v) is 7.56. The normalized spacial score (nSPS) is 27.9. The minimum Gasteiger partial charge on any atom is -0.0952 e. The molecule has 1 atom stereocenters. The molecular weight excluding hydrogens is 228 g/mol. The molecule has 0 heteroatoms. The van der Waals surface area contributed by atoms with Crippen LogP contribution in [0.3, 0.4) is 0 Å². The molecule has 0 fully saturated rings. The van der Waals surface area contributed by atoms with E-state index in [2.05, 4.69) is 51.7 Å². The fourth-order valence-electron chi connectivity index (χ4n) is 4.15. The van der Waals surface area contributed by atoms with Crippen molar-refractivity contribution < 1.29 is 0 Å². The summed E-state index contributed by atoms with van der Waals surface area (Å²) < 4.78 is 0. The van der Waals surface area contributed by atoms with E-state index in [9.17, 15) is 0 Å². The third-order valence-electron chi connectivity index (χ3n) is 4.94. The van der Waals surface area contributed by atoms with Gasteiger partial charge in [0.15, 0.2) is 0 Å². The molecule has 1 unspecified atom stereocenters. The van der Waals surface area contributed by atoms with Gasteiger partial charge in [-0.15, -0.1) is 0 Å². The molecule has 3 rings (SSSR count). The molecular formula is C19H24. The number of hydrogen-bond donors (Lipinski definition) is 0. The molecule has 0 nitrogen and oxygen atoms in total. The van der Waals surface area contributed by atoms with Crippen LogP contribution in [0, 0.1) is 11.3 Å². The minimum atomic E-state index is 0.190. The third-order valence-corrected chi connectivity index (χ3v) is 4.94. The van der Waals surface area contributed by atoms with Gasteiger partial charge in [-0.25, -0.2) is 0 Å². The van der Waals surface area contributed by atoms with Crippen molar-refractivity contribution in [3.05, 3.63) is 58.7 Å². The zero-order valence-corrected chi connectivity index (χ0v) is 12.4. The summed E-state index contributed by atoms with van der Waals surface area (Å²) >= 11 is 0. The standard InChI is InChI=1S/C19H24/c1-5-8-14-12-11-13(2)17-15-9-6-7-10-16(15)19(3,4)18(14)17/h6-7,10,12,15H,2,5,8-9,11H2,1,3-4H3. The molecule has 0 bridgehead atoms. The van der Waals surface area contributed by atoms with Gasteiger partial charge in [0.05, 0.1) is 0 Å². The first kappa shape index (κ1) is 12.7. The molecule has 0 amide bonds. The van der Waals surface area contributed by atoms with E-state index in [0.717, 1.165) is 12.8 Å². The molecule has 0 spiro atoms. The van der Waals surface area contributed by atoms with Crippen LogP contribution in [0.5, 0.6) is 0 Å². The van der Waals surface area contributed by atoms with E-state index in [1.54, 1.807) is 22.3 Å². The van der Waals surface area contributed by atoms with E-state index >= 15 is 0 Å². The summed E-state index contributed by atoms with van der Waals surface area (Å²) in [5.41, 5.74) is 7.91. The summed E-state index contributed by atoms with van der Waals surface area (Å²) in [5.74, 6) is 0.600. The Morgan fingerprint density at radius 2 is 2.16 bits per heavy atom. The Labute approximate surface area is 117 Å². The van der Waals surface area contributed by atoms with Crippen molar-refractivity contribution in [2.45, 2.75) is 46.5 Å². The molecule has 3 aliphatic carbocycles. The Kier molecular flexibility index (Phi) is 2.92. The SMILES string of the molecule is C=C1CC=C(CCC)C2=C1C1CC=CC=C1C2(C)C. The lowest BCUT2D eigenvalue weighted by atomic mass is 9.74. The first-order valence-electron chi connectivity index (χ1n) is 7.56. The van der Waals surface area contributed by atoms with E-state index in [1.165, 1.54) is 18.4 Å². The molecule has 0 aromatic heterocycles. The number of fused-ring (bicyclic) bond motifs is 2. The van der Waals surface area contributed by atoms with Gasteiger partial charge in [-0.05, 0) is 41.6 Å². The summed E-state index contributed by atoms with van der Waals surface area (Å²) in [7, 11) is 0. The van der Waals surface area contributed by atoms with Gasteiger partial charge < -0.3 is 0 Å². The largest absolute Gasteiger partial charge is 0.0952 e. The summed E-state index contributed by atoms with van der Waals surface area (Å²) in [6.07, 6.45) is 14.0. The fraction of sp³-hybridized carbons (Fsp3) is 0.474. The third kappa shape index (κ3) is 1.73. The molecule has 100 valence electrons. The van der Waals surface area contributed by atoms with Crippen molar-refractivity contribution in [1.82, 2.24) is 0 Å². The van der Waals surface area contributed by atoms with Gasteiger partial charge in [-0.3, -0.25) is 0 Å². The van der Waals surface area contributed by atoms with Crippen molar-refractivity contribution in [3.8, 4) is 0 Å². The highest BCUT2D eigenvalue weighted by molar-refractivity contribution is 5.63. The fourth-order valence-corrected chi connectivity index (χ4v) is 4.15. The lowest BCUT2D eigenvalue weighted by Gasteiger charge is -2.29. The lowest BCUT2D eigenvalue weighted by molar-refractivity contribution is 0.521. The van der Waals surface area contributed by atoms with Crippen molar-refractivity contribution >= 4 is 0 Å². The summed E-state index contributed by atoms with van der Waals surface area (Å²) in [5, 5.41) is 0. The molecule has 3 aliphatic rings. The van der Waals surface area contributed by atoms with E-state index in [1.807, 2.05) is 0 Å². The Balaban J connectivity index is 2.16. The van der Waals surface area contributed by atoms with Crippen molar-refractivity contribution in [3.63, 3.8) is 0 Å². The average Bonchev–Trinajstić information content (AvgIpc) is 2.64. The summed E-state index contributed by atoms with van der Waals surface area (Å²) in [6, 6.07) is 0. The Bertz CT molecular complexity index is 547. The van der Waals surface area contributed by atoms with Crippen LogP contribution in [0.1, 0.15) is 46.5 Å². The zero-order valence-electron chi connectivity index (χ0n) is 12.4. The van der Waals surface area contributed by atoms with Crippen LogP contribution in [-0.4, -0.2) is 0 Å². The molecule has 0 radical (unpaired) electrons. The van der Waals surface area contributed by atoms with Crippen LogP contribution >= 0.6 is 0 Å². The van der Waals surface area contributed by atoms with Crippen molar-refractivity contribution in [2.75, 3.05) is 0 Å². The van der Waals surface area contributed by atoms with Gasteiger partial charge >= 0.3 is 0 Å². The van der Waals surface area contributed by atoms with Gasteiger partial charge in [-0.1, -0.05) is 63.6 Å². The molecule has 0 saturated carbocycles. The molecule has 0 aromatic rings. The van der Waals surface area contributed by atoms with Crippen molar-refractivity contribution in [2.24, 2.45) is 11.3 Å². The lowest BCUT2D eigenvalue weighted by Crippen LogP contribution is -2.17. The van der Waals surface area contributed by atoms with E-state index in [4.69, 9.17) is 0 Å². The van der Waals surface area contributed by atoms with Crippen LogP contribution in [0.25, 0.3) is 0 Å². The van der Waals surface area contributed by atoms with Crippen LogP contribution in [0.2, 0.25) is 0 Å². The summed E-state index contributed by atoms with van der Waals surface area (Å²) in [6.45, 7) is 11.4. The van der Waals surface area contributed by atoms with Gasteiger partial charge in [0.25, 0.3) is 0 Å². The predicted octanol–water partition coefficient (Wildman–Crippen LogP) is 5.51. The molecule has 19 heavy (non-hydrogen) atoms. The highest BCUT2D eigenvalue weighted by Crippen LogP contribution is 2.58.